The fourth-order valence-corrected chi connectivity index (χ4v) is 3.99. The van der Waals surface area contributed by atoms with Crippen LogP contribution < -0.4 is 4.90 Å². The Hall–Kier alpha value is -0.610. The van der Waals surface area contributed by atoms with Gasteiger partial charge in [0.05, 0.1) is 11.8 Å². The van der Waals surface area contributed by atoms with Crippen LogP contribution in [0.15, 0.2) is 0 Å². The normalized spacial score (nSPS) is 25.5. The number of aliphatic hydroxyl groups excluding tert-OH is 1. The highest BCUT2D eigenvalue weighted by Gasteiger charge is 2.24. The van der Waals surface area contributed by atoms with Crippen molar-refractivity contribution in [1.29, 1.82) is 0 Å². The Kier molecular flexibility index (Phi) is 3.34. The lowest BCUT2D eigenvalue weighted by Crippen LogP contribution is -2.23. The lowest BCUT2D eigenvalue weighted by Gasteiger charge is -2.18. The van der Waals surface area contributed by atoms with Gasteiger partial charge in [0.1, 0.15) is 0 Å². The summed E-state index contributed by atoms with van der Waals surface area (Å²) >= 11 is 1.81. The molecule has 94 valence electrons. The van der Waals surface area contributed by atoms with Crippen LogP contribution in [-0.4, -0.2) is 23.2 Å². The third kappa shape index (κ3) is 2.33. The molecule has 0 saturated carbocycles. The van der Waals surface area contributed by atoms with Gasteiger partial charge in [-0.2, -0.15) is 0 Å². The van der Waals surface area contributed by atoms with Crippen molar-refractivity contribution in [2.45, 2.75) is 51.0 Å². The fraction of sp³-hybridized carbons (Fsp3) is 0.769. The number of nitrogens with zero attached hydrogens (tertiary/aromatic N) is 2. The van der Waals surface area contributed by atoms with Gasteiger partial charge in [0.15, 0.2) is 5.13 Å². The minimum absolute atomic E-state index is 0.310. The second kappa shape index (κ2) is 4.94. The standard InChI is InChI=1S/C13H20N2OS/c16-10-6-5-7-11-12(10)14-13(17-11)15-8-3-1-2-4-9-15/h10,16H,1-9H2. The van der Waals surface area contributed by atoms with Gasteiger partial charge >= 0.3 is 0 Å². The molecule has 1 aliphatic carbocycles. The summed E-state index contributed by atoms with van der Waals surface area (Å²) in [6, 6.07) is 0. The Morgan fingerprint density at radius 2 is 1.88 bits per heavy atom. The fourth-order valence-electron chi connectivity index (χ4n) is 2.78. The van der Waals surface area contributed by atoms with Crippen LogP contribution in [0.4, 0.5) is 5.13 Å². The second-order valence-electron chi connectivity index (χ2n) is 5.11. The van der Waals surface area contributed by atoms with Gasteiger partial charge in [-0.25, -0.2) is 4.98 Å². The van der Waals surface area contributed by atoms with E-state index in [1.807, 2.05) is 11.3 Å². The number of aryl methyl sites for hydroxylation is 1. The summed E-state index contributed by atoms with van der Waals surface area (Å²) in [4.78, 5) is 8.43. The molecule has 0 bridgehead atoms. The molecule has 1 saturated heterocycles. The topological polar surface area (TPSA) is 36.4 Å². The average Bonchev–Trinajstić information content (AvgIpc) is 2.59. The van der Waals surface area contributed by atoms with E-state index >= 15 is 0 Å². The van der Waals surface area contributed by atoms with Gasteiger partial charge in [0.25, 0.3) is 0 Å². The Balaban J connectivity index is 1.83. The number of aliphatic hydroxyl groups is 1. The van der Waals surface area contributed by atoms with Gasteiger partial charge in [-0.15, -0.1) is 11.3 Å². The van der Waals surface area contributed by atoms with E-state index in [-0.39, 0.29) is 6.10 Å². The van der Waals surface area contributed by atoms with Gasteiger partial charge < -0.3 is 10.0 Å². The molecule has 0 aromatic carbocycles. The summed E-state index contributed by atoms with van der Waals surface area (Å²) in [5.41, 5.74) is 0.973. The van der Waals surface area contributed by atoms with Gasteiger partial charge in [0.2, 0.25) is 0 Å². The number of anilines is 1. The molecule has 0 spiro atoms. The first-order chi connectivity index (χ1) is 8.34. The molecule has 0 radical (unpaired) electrons. The molecular formula is C13H20N2OS. The van der Waals surface area contributed by atoms with Crippen LogP contribution in [0.5, 0.6) is 0 Å². The molecule has 1 aromatic rings. The average molecular weight is 252 g/mol. The molecule has 1 unspecified atom stereocenters. The van der Waals surface area contributed by atoms with E-state index < -0.39 is 0 Å². The van der Waals surface area contributed by atoms with Crippen LogP contribution >= 0.6 is 11.3 Å². The highest BCUT2D eigenvalue weighted by atomic mass is 32.1. The number of hydrogen-bond acceptors (Lipinski definition) is 4. The van der Waals surface area contributed by atoms with E-state index in [0.29, 0.717) is 0 Å². The predicted molar refractivity (Wildman–Crippen MR) is 70.7 cm³/mol. The first-order valence-corrected chi connectivity index (χ1v) is 7.59. The van der Waals surface area contributed by atoms with E-state index in [1.165, 1.54) is 30.6 Å². The zero-order chi connectivity index (χ0) is 11.7. The molecule has 3 nitrogen and oxygen atoms in total. The lowest BCUT2D eigenvalue weighted by molar-refractivity contribution is 0.153. The third-order valence-corrected chi connectivity index (χ3v) is 4.98. The first-order valence-electron chi connectivity index (χ1n) is 6.77. The van der Waals surface area contributed by atoms with Crippen molar-refractivity contribution in [3.63, 3.8) is 0 Å². The molecule has 2 heterocycles. The maximum absolute atomic E-state index is 9.95. The number of rotatable bonds is 1. The summed E-state index contributed by atoms with van der Waals surface area (Å²) in [7, 11) is 0. The summed E-state index contributed by atoms with van der Waals surface area (Å²) in [6.45, 7) is 2.28. The second-order valence-corrected chi connectivity index (χ2v) is 6.18. The molecule has 3 rings (SSSR count). The van der Waals surface area contributed by atoms with Crippen molar-refractivity contribution in [2.75, 3.05) is 18.0 Å². The Labute approximate surface area is 106 Å². The van der Waals surface area contributed by atoms with Crippen molar-refractivity contribution in [3.8, 4) is 0 Å². The van der Waals surface area contributed by atoms with E-state index in [0.717, 1.165) is 43.2 Å². The van der Waals surface area contributed by atoms with Gasteiger partial charge in [-0.05, 0) is 32.1 Å². The molecule has 17 heavy (non-hydrogen) atoms. The minimum atomic E-state index is -0.310. The van der Waals surface area contributed by atoms with Crippen LogP contribution in [-0.2, 0) is 6.42 Å². The van der Waals surface area contributed by atoms with Crippen molar-refractivity contribution in [2.24, 2.45) is 0 Å². The number of hydrogen-bond donors (Lipinski definition) is 1. The summed E-state index contributed by atoms with van der Waals surface area (Å²) < 4.78 is 0. The van der Waals surface area contributed by atoms with Crippen molar-refractivity contribution in [3.05, 3.63) is 10.6 Å². The zero-order valence-corrected chi connectivity index (χ0v) is 11.0. The largest absolute Gasteiger partial charge is 0.387 e. The van der Waals surface area contributed by atoms with Crippen molar-refractivity contribution in [1.82, 2.24) is 4.98 Å². The highest BCUT2D eigenvalue weighted by molar-refractivity contribution is 7.15. The van der Waals surface area contributed by atoms with Crippen LogP contribution in [0.3, 0.4) is 0 Å². The Morgan fingerprint density at radius 1 is 1.12 bits per heavy atom. The van der Waals surface area contributed by atoms with Gasteiger partial charge in [-0.1, -0.05) is 12.8 Å². The van der Waals surface area contributed by atoms with Crippen LogP contribution in [0.25, 0.3) is 0 Å². The molecule has 1 fully saturated rings. The molecular weight excluding hydrogens is 232 g/mol. The predicted octanol–water partition coefficient (Wildman–Crippen LogP) is 2.89. The minimum Gasteiger partial charge on any atom is -0.387 e. The smallest absolute Gasteiger partial charge is 0.185 e. The first kappa shape index (κ1) is 11.5. The lowest BCUT2D eigenvalue weighted by atomic mass is 10.0. The molecule has 1 N–H and O–H groups in total. The third-order valence-electron chi connectivity index (χ3n) is 3.79. The molecule has 0 amide bonds. The Morgan fingerprint density at radius 3 is 2.59 bits per heavy atom. The molecule has 2 aliphatic rings. The summed E-state index contributed by atoms with van der Waals surface area (Å²) in [6.07, 6.45) is 8.06. The number of thiazole rings is 1. The van der Waals surface area contributed by atoms with Crippen LogP contribution in [0.2, 0.25) is 0 Å². The van der Waals surface area contributed by atoms with Crippen LogP contribution in [0, 0.1) is 0 Å². The maximum atomic E-state index is 9.95. The SMILES string of the molecule is OC1CCCc2sc(N3CCCCCC3)nc21. The monoisotopic (exact) mass is 252 g/mol. The maximum Gasteiger partial charge on any atom is 0.185 e. The van der Waals surface area contributed by atoms with E-state index in [2.05, 4.69) is 4.90 Å². The molecule has 1 atom stereocenters. The molecule has 1 aliphatic heterocycles. The van der Waals surface area contributed by atoms with Crippen molar-refractivity contribution >= 4 is 16.5 Å². The van der Waals surface area contributed by atoms with Gasteiger partial charge in [0, 0.05) is 18.0 Å². The quantitative estimate of drug-likeness (QED) is 0.835. The highest BCUT2D eigenvalue weighted by Crippen LogP contribution is 2.37. The Bertz CT molecular complexity index is 383. The summed E-state index contributed by atoms with van der Waals surface area (Å²) in [5.74, 6) is 0. The number of fused-ring (bicyclic) bond motifs is 1. The number of aromatic nitrogens is 1. The molecule has 4 heteroatoms. The van der Waals surface area contributed by atoms with E-state index in [1.54, 1.807) is 0 Å². The van der Waals surface area contributed by atoms with Crippen molar-refractivity contribution < 1.29 is 5.11 Å². The van der Waals surface area contributed by atoms with Gasteiger partial charge in [-0.3, -0.25) is 0 Å². The molecule has 1 aromatic heterocycles. The summed E-state index contributed by atoms with van der Waals surface area (Å²) in [5, 5.41) is 11.1. The van der Waals surface area contributed by atoms with E-state index in [4.69, 9.17) is 4.98 Å². The zero-order valence-electron chi connectivity index (χ0n) is 10.2. The van der Waals surface area contributed by atoms with Crippen LogP contribution in [0.1, 0.15) is 55.2 Å². The van der Waals surface area contributed by atoms with E-state index in [9.17, 15) is 5.11 Å².